The average Bonchev–Trinajstić information content (AvgIpc) is 2.96. The van der Waals surface area contributed by atoms with Gasteiger partial charge in [0.25, 0.3) is 0 Å². The zero-order chi connectivity index (χ0) is 16.9. The van der Waals surface area contributed by atoms with Crippen molar-refractivity contribution in [3.05, 3.63) is 60.2 Å². The predicted molar refractivity (Wildman–Crippen MR) is 92.0 cm³/mol. The van der Waals surface area contributed by atoms with E-state index in [1.165, 1.54) is 0 Å². The maximum atomic E-state index is 12.5. The Hall–Kier alpha value is -2.82. The molecule has 2 amide bonds. The SMILES string of the molecule is COc1cccc(CC(=O)N[C@H]2CCN(c3ccccc3)C2=O)c1. The Bertz CT molecular complexity index is 730. The first-order chi connectivity index (χ1) is 11.7. The highest BCUT2D eigenvalue weighted by Gasteiger charge is 2.33. The molecule has 0 spiro atoms. The van der Waals surface area contributed by atoms with Crippen LogP contribution in [-0.4, -0.2) is 31.5 Å². The lowest BCUT2D eigenvalue weighted by molar-refractivity contribution is -0.126. The fourth-order valence-corrected chi connectivity index (χ4v) is 2.89. The second-order valence-corrected chi connectivity index (χ2v) is 5.76. The highest BCUT2D eigenvalue weighted by molar-refractivity contribution is 6.01. The van der Waals surface area contributed by atoms with E-state index in [-0.39, 0.29) is 18.2 Å². The molecule has 0 aliphatic carbocycles. The number of carbonyl (C=O) groups is 2. The van der Waals surface area contributed by atoms with E-state index in [0.29, 0.717) is 18.7 Å². The number of nitrogens with one attached hydrogen (secondary N) is 1. The summed E-state index contributed by atoms with van der Waals surface area (Å²) in [5.74, 6) is 0.504. The van der Waals surface area contributed by atoms with Crippen LogP contribution in [0.25, 0.3) is 0 Å². The fourth-order valence-electron chi connectivity index (χ4n) is 2.89. The third-order valence-electron chi connectivity index (χ3n) is 4.11. The monoisotopic (exact) mass is 324 g/mol. The number of rotatable bonds is 5. The van der Waals surface area contributed by atoms with Crippen molar-refractivity contribution in [3.8, 4) is 5.75 Å². The van der Waals surface area contributed by atoms with Gasteiger partial charge in [0.1, 0.15) is 11.8 Å². The average molecular weight is 324 g/mol. The first-order valence-electron chi connectivity index (χ1n) is 7.96. The van der Waals surface area contributed by atoms with Crippen molar-refractivity contribution in [2.24, 2.45) is 0 Å². The van der Waals surface area contributed by atoms with E-state index in [1.807, 2.05) is 54.6 Å². The highest BCUT2D eigenvalue weighted by atomic mass is 16.5. The van der Waals surface area contributed by atoms with Gasteiger partial charge < -0.3 is 15.0 Å². The Balaban J connectivity index is 1.60. The Morgan fingerprint density at radius 3 is 2.75 bits per heavy atom. The quantitative estimate of drug-likeness (QED) is 0.917. The van der Waals surface area contributed by atoms with E-state index in [1.54, 1.807) is 12.0 Å². The van der Waals surface area contributed by atoms with Gasteiger partial charge in [0.15, 0.2) is 0 Å². The van der Waals surface area contributed by atoms with Gasteiger partial charge >= 0.3 is 0 Å². The summed E-state index contributed by atoms with van der Waals surface area (Å²) in [4.78, 5) is 26.4. The van der Waals surface area contributed by atoms with Crippen molar-refractivity contribution < 1.29 is 14.3 Å². The van der Waals surface area contributed by atoms with Gasteiger partial charge in [-0.3, -0.25) is 9.59 Å². The Morgan fingerprint density at radius 2 is 2.00 bits per heavy atom. The van der Waals surface area contributed by atoms with Crippen LogP contribution in [0.15, 0.2) is 54.6 Å². The van der Waals surface area contributed by atoms with E-state index >= 15 is 0 Å². The zero-order valence-electron chi connectivity index (χ0n) is 13.6. The molecule has 1 aliphatic rings. The molecule has 5 heteroatoms. The number of anilines is 1. The number of carbonyl (C=O) groups excluding carboxylic acids is 2. The van der Waals surface area contributed by atoms with Gasteiger partial charge in [0, 0.05) is 12.2 Å². The Labute approximate surface area is 141 Å². The molecule has 124 valence electrons. The van der Waals surface area contributed by atoms with Crippen LogP contribution < -0.4 is 15.0 Å². The topological polar surface area (TPSA) is 58.6 Å². The minimum atomic E-state index is -0.455. The van der Waals surface area contributed by atoms with Crippen LogP contribution in [0.4, 0.5) is 5.69 Å². The largest absolute Gasteiger partial charge is 0.497 e. The standard InChI is InChI=1S/C19H20N2O3/c1-24-16-9-5-6-14(12-16)13-18(22)20-17-10-11-21(19(17)23)15-7-3-2-4-8-15/h2-9,12,17H,10-11,13H2,1H3,(H,20,22)/t17-/m0/s1. The van der Waals surface area contributed by atoms with Crippen LogP contribution in [0.3, 0.4) is 0 Å². The molecule has 0 bridgehead atoms. The molecule has 1 N–H and O–H groups in total. The Kier molecular flexibility index (Phi) is 4.79. The molecule has 1 heterocycles. The number of hydrogen-bond acceptors (Lipinski definition) is 3. The summed E-state index contributed by atoms with van der Waals surface area (Å²) < 4.78 is 5.16. The van der Waals surface area contributed by atoms with Crippen molar-refractivity contribution in [1.82, 2.24) is 5.32 Å². The molecule has 2 aromatic rings. The van der Waals surface area contributed by atoms with Crippen LogP contribution in [0.2, 0.25) is 0 Å². The Morgan fingerprint density at radius 1 is 1.21 bits per heavy atom. The fraction of sp³-hybridized carbons (Fsp3) is 0.263. The molecule has 3 rings (SSSR count). The van der Waals surface area contributed by atoms with Crippen LogP contribution in [0.1, 0.15) is 12.0 Å². The molecule has 2 aromatic carbocycles. The molecule has 1 aliphatic heterocycles. The molecule has 5 nitrogen and oxygen atoms in total. The lowest BCUT2D eigenvalue weighted by Gasteiger charge is -2.17. The van der Waals surface area contributed by atoms with Gasteiger partial charge in [-0.15, -0.1) is 0 Å². The van der Waals surface area contributed by atoms with E-state index < -0.39 is 6.04 Å². The third-order valence-corrected chi connectivity index (χ3v) is 4.11. The smallest absolute Gasteiger partial charge is 0.249 e. The summed E-state index contributed by atoms with van der Waals surface area (Å²) in [6, 6.07) is 16.4. The lowest BCUT2D eigenvalue weighted by Crippen LogP contribution is -2.42. The number of methoxy groups -OCH3 is 1. The van der Waals surface area contributed by atoms with Gasteiger partial charge in [-0.2, -0.15) is 0 Å². The van der Waals surface area contributed by atoms with Gasteiger partial charge in [0.05, 0.1) is 13.5 Å². The van der Waals surface area contributed by atoms with Crippen LogP contribution >= 0.6 is 0 Å². The molecule has 1 atom stereocenters. The van der Waals surface area contributed by atoms with Crippen molar-refractivity contribution in [2.45, 2.75) is 18.9 Å². The molecule has 0 radical (unpaired) electrons. The maximum Gasteiger partial charge on any atom is 0.249 e. The number of ether oxygens (including phenoxy) is 1. The zero-order valence-corrected chi connectivity index (χ0v) is 13.6. The van der Waals surface area contributed by atoms with Crippen LogP contribution in [-0.2, 0) is 16.0 Å². The van der Waals surface area contributed by atoms with Crippen molar-refractivity contribution in [1.29, 1.82) is 0 Å². The number of benzene rings is 2. The first-order valence-corrected chi connectivity index (χ1v) is 7.96. The van der Waals surface area contributed by atoms with Crippen molar-refractivity contribution in [3.63, 3.8) is 0 Å². The van der Waals surface area contributed by atoms with E-state index in [2.05, 4.69) is 5.32 Å². The summed E-state index contributed by atoms with van der Waals surface area (Å²) in [6.07, 6.45) is 0.851. The molecular weight excluding hydrogens is 304 g/mol. The van der Waals surface area contributed by atoms with Gasteiger partial charge in [-0.05, 0) is 36.2 Å². The molecule has 1 fully saturated rings. The summed E-state index contributed by atoms with van der Waals surface area (Å²) in [5.41, 5.74) is 1.73. The normalized spacial score (nSPS) is 17.0. The van der Waals surface area contributed by atoms with Gasteiger partial charge in [0.2, 0.25) is 11.8 Å². The molecule has 24 heavy (non-hydrogen) atoms. The summed E-state index contributed by atoms with van der Waals surface area (Å²) in [7, 11) is 1.59. The van der Waals surface area contributed by atoms with Gasteiger partial charge in [-0.1, -0.05) is 30.3 Å². The minimum absolute atomic E-state index is 0.0554. The van der Waals surface area contributed by atoms with E-state index in [4.69, 9.17) is 4.74 Å². The van der Waals surface area contributed by atoms with Gasteiger partial charge in [-0.25, -0.2) is 0 Å². The molecule has 1 saturated heterocycles. The predicted octanol–water partition coefficient (Wildman–Crippen LogP) is 2.16. The minimum Gasteiger partial charge on any atom is -0.497 e. The summed E-state index contributed by atoms with van der Waals surface area (Å²) in [6.45, 7) is 0.618. The second kappa shape index (κ2) is 7.17. The third kappa shape index (κ3) is 3.56. The molecule has 0 saturated carbocycles. The molecular formula is C19H20N2O3. The van der Waals surface area contributed by atoms with E-state index in [9.17, 15) is 9.59 Å². The summed E-state index contributed by atoms with van der Waals surface area (Å²) in [5, 5.41) is 2.84. The van der Waals surface area contributed by atoms with Crippen LogP contribution in [0.5, 0.6) is 5.75 Å². The van der Waals surface area contributed by atoms with E-state index in [0.717, 1.165) is 11.3 Å². The highest BCUT2D eigenvalue weighted by Crippen LogP contribution is 2.21. The van der Waals surface area contributed by atoms with Crippen LogP contribution in [0, 0.1) is 0 Å². The number of hydrogen-bond donors (Lipinski definition) is 1. The summed E-state index contributed by atoms with van der Waals surface area (Å²) >= 11 is 0. The van der Waals surface area contributed by atoms with Crippen molar-refractivity contribution >= 4 is 17.5 Å². The number of nitrogens with zero attached hydrogens (tertiary/aromatic N) is 1. The molecule has 0 aromatic heterocycles. The second-order valence-electron chi connectivity index (χ2n) is 5.76. The maximum absolute atomic E-state index is 12.5. The number of amides is 2. The first kappa shape index (κ1) is 16.1. The number of para-hydroxylation sites is 1. The molecule has 0 unspecified atom stereocenters. The van der Waals surface area contributed by atoms with Crippen molar-refractivity contribution in [2.75, 3.05) is 18.6 Å². The lowest BCUT2D eigenvalue weighted by atomic mass is 10.1.